The minimum atomic E-state index is -3.50. The van der Waals surface area contributed by atoms with E-state index in [1.165, 1.54) is 21.6 Å². The molecule has 2 saturated heterocycles. The molecule has 2 aliphatic rings. The molecule has 0 amide bonds. The molecule has 3 heterocycles. The van der Waals surface area contributed by atoms with E-state index in [1.807, 2.05) is 0 Å². The molecule has 2 aromatic rings. The lowest BCUT2D eigenvalue weighted by atomic mass is 10.0. The number of benzene rings is 1. The van der Waals surface area contributed by atoms with Gasteiger partial charge < -0.3 is 10.1 Å². The van der Waals surface area contributed by atoms with Crippen molar-refractivity contribution in [2.24, 2.45) is 0 Å². The van der Waals surface area contributed by atoms with Gasteiger partial charge >= 0.3 is 0 Å². The van der Waals surface area contributed by atoms with Crippen molar-refractivity contribution in [1.82, 2.24) is 14.2 Å². The van der Waals surface area contributed by atoms with Crippen LogP contribution in [0.4, 0.5) is 5.82 Å². The van der Waals surface area contributed by atoms with Gasteiger partial charge in [-0.1, -0.05) is 29.8 Å². The molecule has 2 aliphatic heterocycles. The number of aromatic nitrogens is 1. The minimum Gasteiger partial charge on any atom is -0.379 e. The van der Waals surface area contributed by atoms with Crippen LogP contribution in [0.3, 0.4) is 0 Å². The van der Waals surface area contributed by atoms with Crippen molar-refractivity contribution in [3.05, 3.63) is 53.7 Å². The molecule has 0 spiro atoms. The van der Waals surface area contributed by atoms with Gasteiger partial charge in [-0.2, -0.15) is 4.31 Å². The average Bonchev–Trinajstić information content (AvgIpc) is 2.76. The summed E-state index contributed by atoms with van der Waals surface area (Å²) in [5, 5.41) is 3.47. The van der Waals surface area contributed by atoms with E-state index in [9.17, 15) is 8.42 Å². The first kappa shape index (κ1) is 21.2. The van der Waals surface area contributed by atoms with Crippen molar-refractivity contribution in [3.63, 3.8) is 0 Å². The van der Waals surface area contributed by atoms with Crippen molar-refractivity contribution in [2.75, 3.05) is 44.7 Å². The third-order valence-corrected chi connectivity index (χ3v) is 7.65. The van der Waals surface area contributed by atoms with Gasteiger partial charge in [0.2, 0.25) is 10.0 Å². The summed E-state index contributed by atoms with van der Waals surface area (Å²) < 4.78 is 32.1. The monoisotopic (exact) mass is 430 g/mol. The van der Waals surface area contributed by atoms with Gasteiger partial charge in [0.05, 0.1) is 13.2 Å². The van der Waals surface area contributed by atoms with Crippen LogP contribution in [0.1, 0.15) is 24.0 Å². The Balaban J connectivity index is 1.29. The highest BCUT2D eigenvalue weighted by Crippen LogP contribution is 2.20. The Morgan fingerprint density at radius 2 is 1.87 bits per heavy atom. The van der Waals surface area contributed by atoms with Gasteiger partial charge in [-0.15, -0.1) is 0 Å². The van der Waals surface area contributed by atoms with Crippen LogP contribution in [-0.2, 0) is 21.3 Å². The number of likely N-dealkylation sites (tertiary alicyclic amines) is 1. The summed E-state index contributed by atoms with van der Waals surface area (Å²) in [5.74, 6) is 0.730. The number of sulfonamides is 1. The van der Waals surface area contributed by atoms with Crippen LogP contribution in [0.5, 0.6) is 0 Å². The first-order valence-corrected chi connectivity index (χ1v) is 12.0. The van der Waals surface area contributed by atoms with Crippen LogP contribution >= 0.6 is 0 Å². The summed E-state index contributed by atoms with van der Waals surface area (Å²) in [5.41, 5.74) is 2.66. The minimum absolute atomic E-state index is 0.239. The molecular weight excluding hydrogens is 400 g/mol. The van der Waals surface area contributed by atoms with E-state index in [1.54, 1.807) is 12.1 Å². The third kappa shape index (κ3) is 5.18. The van der Waals surface area contributed by atoms with Gasteiger partial charge in [-0.3, -0.25) is 4.90 Å². The van der Waals surface area contributed by atoms with Crippen LogP contribution in [0.15, 0.2) is 47.5 Å². The summed E-state index contributed by atoms with van der Waals surface area (Å²) >= 11 is 0. The normalized spacial score (nSPS) is 19.6. The number of morpholine rings is 1. The second-order valence-corrected chi connectivity index (χ2v) is 10.0. The molecule has 1 aromatic carbocycles. The van der Waals surface area contributed by atoms with E-state index in [2.05, 4.69) is 46.4 Å². The molecule has 0 saturated carbocycles. The summed E-state index contributed by atoms with van der Waals surface area (Å²) in [4.78, 5) is 7.09. The highest BCUT2D eigenvalue weighted by atomic mass is 32.2. The van der Waals surface area contributed by atoms with Gasteiger partial charge in [0.25, 0.3) is 0 Å². The number of hydrogen-bond acceptors (Lipinski definition) is 6. The van der Waals surface area contributed by atoms with Crippen LogP contribution < -0.4 is 5.32 Å². The topological polar surface area (TPSA) is 74.8 Å². The molecule has 0 bridgehead atoms. The fraction of sp³-hybridized carbons (Fsp3) is 0.500. The Kier molecular flexibility index (Phi) is 6.67. The predicted octanol–water partition coefficient (Wildman–Crippen LogP) is 2.49. The molecule has 0 radical (unpaired) electrons. The average molecular weight is 431 g/mol. The summed E-state index contributed by atoms with van der Waals surface area (Å²) in [6, 6.07) is 12.5. The van der Waals surface area contributed by atoms with E-state index in [-0.39, 0.29) is 4.90 Å². The fourth-order valence-corrected chi connectivity index (χ4v) is 5.42. The lowest BCUT2D eigenvalue weighted by Gasteiger charge is -2.32. The van der Waals surface area contributed by atoms with Gasteiger partial charge in [-0.05, 0) is 37.5 Å². The van der Waals surface area contributed by atoms with Crippen molar-refractivity contribution >= 4 is 15.8 Å². The third-order valence-electron chi connectivity index (χ3n) is 5.77. The lowest BCUT2D eigenvalue weighted by molar-refractivity contribution is 0.0730. The molecule has 2 fully saturated rings. The molecular formula is C22H30N4O3S. The van der Waals surface area contributed by atoms with Crippen LogP contribution in [0.2, 0.25) is 0 Å². The molecule has 1 N–H and O–H groups in total. The zero-order chi connectivity index (χ0) is 21.0. The van der Waals surface area contributed by atoms with E-state index in [0.717, 1.165) is 38.3 Å². The largest absolute Gasteiger partial charge is 0.379 e. The second kappa shape index (κ2) is 9.43. The number of nitrogens with one attached hydrogen (secondary N) is 1. The van der Waals surface area contributed by atoms with Gasteiger partial charge in [0.1, 0.15) is 10.7 Å². The van der Waals surface area contributed by atoms with E-state index >= 15 is 0 Å². The van der Waals surface area contributed by atoms with Crippen molar-refractivity contribution < 1.29 is 13.2 Å². The SMILES string of the molecule is Cc1cccc(CN2CCC(Nc3ccc(S(=O)(=O)N4CCOCC4)cn3)CC2)c1. The zero-order valence-corrected chi connectivity index (χ0v) is 18.3. The molecule has 30 heavy (non-hydrogen) atoms. The zero-order valence-electron chi connectivity index (χ0n) is 17.5. The summed E-state index contributed by atoms with van der Waals surface area (Å²) in [6.07, 6.45) is 3.54. The highest BCUT2D eigenvalue weighted by Gasteiger charge is 2.27. The van der Waals surface area contributed by atoms with E-state index < -0.39 is 10.0 Å². The molecule has 4 rings (SSSR count). The van der Waals surface area contributed by atoms with Crippen LogP contribution in [-0.4, -0.2) is 68.0 Å². The molecule has 8 heteroatoms. The Morgan fingerprint density at radius 1 is 1.10 bits per heavy atom. The number of pyridine rings is 1. The molecule has 0 atom stereocenters. The Bertz CT molecular complexity index is 935. The molecule has 0 aliphatic carbocycles. The first-order valence-electron chi connectivity index (χ1n) is 10.6. The lowest BCUT2D eigenvalue weighted by Crippen LogP contribution is -2.40. The van der Waals surface area contributed by atoms with Gasteiger partial charge in [-0.25, -0.2) is 13.4 Å². The fourth-order valence-electron chi connectivity index (χ4n) is 4.07. The highest BCUT2D eigenvalue weighted by molar-refractivity contribution is 7.89. The molecule has 1 aromatic heterocycles. The quantitative estimate of drug-likeness (QED) is 0.759. The van der Waals surface area contributed by atoms with Crippen LogP contribution in [0, 0.1) is 6.92 Å². The smallest absolute Gasteiger partial charge is 0.244 e. The number of anilines is 1. The summed E-state index contributed by atoms with van der Waals surface area (Å²) in [7, 11) is -3.50. The number of aryl methyl sites for hydroxylation is 1. The predicted molar refractivity (Wildman–Crippen MR) is 117 cm³/mol. The van der Waals surface area contributed by atoms with Gasteiger partial charge in [0.15, 0.2) is 0 Å². The maximum Gasteiger partial charge on any atom is 0.244 e. The summed E-state index contributed by atoms with van der Waals surface area (Å²) in [6.45, 7) is 6.85. The van der Waals surface area contributed by atoms with Crippen molar-refractivity contribution in [1.29, 1.82) is 0 Å². The number of nitrogens with zero attached hydrogens (tertiary/aromatic N) is 3. The molecule has 7 nitrogen and oxygen atoms in total. The number of rotatable bonds is 6. The number of piperidine rings is 1. The standard InChI is InChI=1S/C22H30N4O3S/c1-18-3-2-4-19(15-18)17-25-9-7-20(8-10-25)24-22-6-5-21(16-23-22)30(27,28)26-11-13-29-14-12-26/h2-6,15-16,20H,7-14,17H2,1H3,(H,23,24). The second-order valence-electron chi connectivity index (χ2n) is 8.08. The maximum absolute atomic E-state index is 12.7. The Labute approximate surface area is 179 Å². The van der Waals surface area contributed by atoms with Crippen molar-refractivity contribution in [2.45, 2.75) is 37.2 Å². The Hall–Kier alpha value is -2.00. The van der Waals surface area contributed by atoms with Crippen molar-refractivity contribution in [3.8, 4) is 0 Å². The molecule has 0 unspecified atom stereocenters. The van der Waals surface area contributed by atoms with E-state index in [4.69, 9.17) is 4.74 Å². The number of hydrogen-bond donors (Lipinski definition) is 1. The Morgan fingerprint density at radius 3 is 2.53 bits per heavy atom. The van der Waals surface area contributed by atoms with E-state index in [0.29, 0.717) is 32.3 Å². The number of ether oxygens (including phenoxy) is 1. The van der Waals surface area contributed by atoms with Gasteiger partial charge in [0, 0.05) is 45.0 Å². The maximum atomic E-state index is 12.7. The first-order chi connectivity index (χ1) is 14.5. The molecule has 162 valence electrons. The van der Waals surface area contributed by atoms with Crippen LogP contribution in [0.25, 0.3) is 0 Å².